The first-order chi connectivity index (χ1) is 9.84. The molecule has 0 saturated heterocycles. The van der Waals surface area contributed by atoms with Crippen LogP contribution >= 0.6 is 12.4 Å². The predicted octanol–water partition coefficient (Wildman–Crippen LogP) is 2.30. The topological polar surface area (TPSA) is 101 Å². The molecule has 0 spiro atoms. The molecule has 2 rings (SSSR count). The van der Waals surface area contributed by atoms with Gasteiger partial charge in [-0.1, -0.05) is 30.3 Å². The number of hydrogen-bond donors (Lipinski definition) is 2. The molecule has 2 aromatic carbocycles. The first kappa shape index (κ1) is 18.0. The van der Waals surface area contributed by atoms with Gasteiger partial charge in [-0.25, -0.2) is 0 Å². The number of benzene rings is 2. The molecule has 8 heteroatoms. The van der Waals surface area contributed by atoms with Gasteiger partial charge in [0.15, 0.2) is 5.78 Å². The van der Waals surface area contributed by atoms with E-state index in [0.29, 0.717) is 0 Å². The van der Waals surface area contributed by atoms with Crippen molar-refractivity contribution in [3.05, 3.63) is 53.6 Å². The molecule has 6 nitrogen and oxygen atoms in total. The summed E-state index contributed by atoms with van der Waals surface area (Å²) in [5.41, 5.74) is 0.0360. The van der Waals surface area contributed by atoms with Crippen LogP contribution in [0.5, 0.6) is 11.5 Å². The zero-order chi connectivity index (χ0) is 15.6. The second-order valence-electron chi connectivity index (χ2n) is 4.19. The number of rotatable bonds is 4. The maximum absolute atomic E-state index is 12.3. The third-order valence-corrected chi connectivity index (χ3v) is 3.72. The molecule has 0 heterocycles. The predicted molar refractivity (Wildman–Crippen MR) is 81.6 cm³/mol. The largest absolute Gasteiger partial charge is 0.507 e. The third kappa shape index (κ3) is 3.56. The number of methoxy groups -OCH3 is 1. The van der Waals surface area contributed by atoms with Crippen molar-refractivity contribution in [3.63, 3.8) is 0 Å². The highest BCUT2D eigenvalue weighted by Crippen LogP contribution is 2.32. The van der Waals surface area contributed by atoms with Gasteiger partial charge >= 0.3 is 0 Å². The van der Waals surface area contributed by atoms with Crippen LogP contribution in [0, 0.1) is 0 Å². The number of ketones is 1. The Morgan fingerprint density at radius 3 is 2.23 bits per heavy atom. The number of halogens is 1. The van der Waals surface area contributed by atoms with Crippen molar-refractivity contribution >= 4 is 28.3 Å². The molecule has 0 saturated carbocycles. The van der Waals surface area contributed by atoms with E-state index < -0.39 is 26.5 Å². The molecule has 0 unspecified atom stereocenters. The van der Waals surface area contributed by atoms with Crippen LogP contribution in [0.4, 0.5) is 0 Å². The SMILES string of the molecule is COc1cc(O)c(C(=O)c2ccccc2)cc1S(=O)(=O)O.Cl. The van der Waals surface area contributed by atoms with E-state index in [2.05, 4.69) is 0 Å². The van der Waals surface area contributed by atoms with E-state index in [-0.39, 0.29) is 29.3 Å². The van der Waals surface area contributed by atoms with Crippen LogP contribution in [0.15, 0.2) is 47.4 Å². The highest BCUT2D eigenvalue weighted by Gasteiger charge is 2.23. The van der Waals surface area contributed by atoms with Gasteiger partial charge in [-0.3, -0.25) is 9.35 Å². The summed E-state index contributed by atoms with van der Waals surface area (Å²) in [6.07, 6.45) is 0. The summed E-state index contributed by atoms with van der Waals surface area (Å²) < 4.78 is 36.6. The van der Waals surface area contributed by atoms with Crippen molar-refractivity contribution in [2.75, 3.05) is 7.11 Å². The molecule has 0 aliphatic carbocycles. The van der Waals surface area contributed by atoms with Crippen molar-refractivity contribution in [3.8, 4) is 11.5 Å². The van der Waals surface area contributed by atoms with Crippen LogP contribution in [0.25, 0.3) is 0 Å². The maximum atomic E-state index is 12.3. The molecule has 0 radical (unpaired) electrons. The smallest absolute Gasteiger partial charge is 0.298 e. The van der Waals surface area contributed by atoms with Crippen LogP contribution < -0.4 is 4.74 Å². The Hall–Kier alpha value is -2.09. The van der Waals surface area contributed by atoms with Crippen LogP contribution in [-0.2, 0) is 10.1 Å². The summed E-state index contributed by atoms with van der Waals surface area (Å²) in [7, 11) is -3.41. The van der Waals surface area contributed by atoms with Crippen LogP contribution in [-0.4, -0.2) is 31.0 Å². The minimum atomic E-state index is -4.59. The van der Waals surface area contributed by atoms with Crippen LogP contribution in [0.3, 0.4) is 0 Å². The van der Waals surface area contributed by atoms with E-state index >= 15 is 0 Å². The molecular formula is C14H13ClO6S. The summed E-state index contributed by atoms with van der Waals surface area (Å²) in [5.74, 6) is -1.26. The molecule has 0 aliphatic heterocycles. The van der Waals surface area contributed by atoms with E-state index in [1.807, 2.05) is 0 Å². The number of phenols is 1. The Balaban J connectivity index is 0.00000242. The first-order valence-electron chi connectivity index (χ1n) is 5.83. The molecule has 0 amide bonds. The Labute approximate surface area is 133 Å². The third-order valence-electron chi connectivity index (χ3n) is 2.84. The van der Waals surface area contributed by atoms with Crippen molar-refractivity contribution in [1.29, 1.82) is 0 Å². The Morgan fingerprint density at radius 2 is 1.73 bits per heavy atom. The molecule has 2 N–H and O–H groups in total. The van der Waals surface area contributed by atoms with Gasteiger partial charge in [0, 0.05) is 11.6 Å². The van der Waals surface area contributed by atoms with E-state index in [1.165, 1.54) is 19.2 Å². The molecule has 118 valence electrons. The summed E-state index contributed by atoms with van der Waals surface area (Å²) >= 11 is 0. The van der Waals surface area contributed by atoms with Crippen LogP contribution in [0.1, 0.15) is 15.9 Å². The Bertz CT molecular complexity index is 786. The molecule has 0 fully saturated rings. The fraction of sp³-hybridized carbons (Fsp3) is 0.0714. The van der Waals surface area contributed by atoms with E-state index in [9.17, 15) is 18.3 Å². The first-order valence-corrected chi connectivity index (χ1v) is 7.27. The molecule has 0 aliphatic rings. The number of ether oxygens (including phenoxy) is 1. The number of hydrogen-bond acceptors (Lipinski definition) is 5. The van der Waals surface area contributed by atoms with Crippen molar-refractivity contribution in [1.82, 2.24) is 0 Å². The fourth-order valence-corrected chi connectivity index (χ4v) is 2.50. The minimum absolute atomic E-state index is 0. The lowest BCUT2D eigenvalue weighted by Crippen LogP contribution is -2.07. The van der Waals surface area contributed by atoms with Crippen molar-refractivity contribution in [2.24, 2.45) is 0 Å². The number of aromatic hydroxyl groups is 1. The highest BCUT2D eigenvalue weighted by molar-refractivity contribution is 7.86. The lowest BCUT2D eigenvalue weighted by atomic mass is 10.0. The Morgan fingerprint density at radius 1 is 1.14 bits per heavy atom. The van der Waals surface area contributed by atoms with Gasteiger partial charge in [0.2, 0.25) is 0 Å². The second-order valence-corrected chi connectivity index (χ2v) is 5.58. The monoisotopic (exact) mass is 344 g/mol. The minimum Gasteiger partial charge on any atom is -0.507 e. The van der Waals surface area contributed by atoms with Gasteiger partial charge in [0.25, 0.3) is 10.1 Å². The lowest BCUT2D eigenvalue weighted by molar-refractivity contribution is 0.103. The number of carbonyl (C=O) groups excluding carboxylic acids is 1. The zero-order valence-electron chi connectivity index (χ0n) is 11.4. The van der Waals surface area contributed by atoms with Gasteiger partial charge in [-0.2, -0.15) is 8.42 Å². The fourth-order valence-electron chi connectivity index (χ4n) is 1.84. The maximum Gasteiger partial charge on any atom is 0.298 e. The van der Waals surface area contributed by atoms with Gasteiger partial charge in [0.1, 0.15) is 16.4 Å². The highest BCUT2D eigenvalue weighted by atomic mass is 35.5. The van der Waals surface area contributed by atoms with Crippen molar-refractivity contribution < 1.29 is 27.6 Å². The average Bonchev–Trinajstić information content (AvgIpc) is 2.45. The molecule has 22 heavy (non-hydrogen) atoms. The molecule has 2 aromatic rings. The molecular weight excluding hydrogens is 332 g/mol. The molecule has 0 atom stereocenters. The van der Waals surface area contributed by atoms with Crippen LogP contribution in [0.2, 0.25) is 0 Å². The van der Waals surface area contributed by atoms with Gasteiger partial charge < -0.3 is 9.84 Å². The summed E-state index contributed by atoms with van der Waals surface area (Å²) in [4.78, 5) is 11.7. The Kier molecular flexibility index (Phi) is 5.54. The standard InChI is InChI=1S/C14H12O6S.ClH/c1-20-12-8-11(15)10(7-13(12)21(17,18)19)14(16)9-5-3-2-4-6-9;/h2-8,15H,1H3,(H,17,18,19);1H. The van der Waals surface area contributed by atoms with E-state index in [0.717, 1.165) is 12.1 Å². The van der Waals surface area contributed by atoms with Gasteiger partial charge in [0.05, 0.1) is 12.7 Å². The summed E-state index contributed by atoms with van der Waals surface area (Å²) in [6, 6.07) is 9.90. The summed E-state index contributed by atoms with van der Waals surface area (Å²) in [5, 5.41) is 9.87. The molecule has 0 aromatic heterocycles. The van der Waals surface area contributed by atoms with Crippen molar-refractivity contribution in [2.45, 2.75) is 4.90 Å². The van der Waals surface area contributed by atoms with E-state index in [4.69, 9.17) is 9.29 Å². The van der Waals surface area contributed by atoms with Gasteiger partial charge in [-0.05, 0) is 6.07 Å². The quantitative estimate of drug-likeness (QED) is 0.652. The zero-order valence-corrected chi connectivity index (χ0v) is 13.0. The number of carbonyl (C=O) groups is 1. The number of phenolic OH excluding ortho intramolecular Hbond substituents is 1. The average molecular weight is 345 g/mol. The van der Waals surface area contributed by atoms with Gasteiger partial charge in [-0.15, -0.1) is 12.4 Å². The lowest BCUT2D eigenvalue weighted by Gasteiger charge is -2.10. The summed E-state index contributed by atoms with van der Waals surface area (Å²) in [6.45, 7) is 0. The molecule has 0 bridgehead atoms. The van der Waals surface area contributed by atoms with E-state index in [1.54, 1.807) is 18.2 Å². The second kappa shape index (κ2) is 6.78. The normalized spacial score (nSPS) is 10.6.